The molecule has 0 aliphatic carbocycles. The molecule has 0 bridgehead atoms. The Hall–Kier alpha value is -2.46. The summed E-state index contributed by atoms with van der Waals surface area (Å²) in [6.45, 7) is 10.3. The summed E-state index contributed by atoms with van der Waals surface area (Å²) >= 11 is 0. The third-order valence-corrected chi connectivity index (χ3v) is 4.89. The molecule has 0 rings (SSSR count). The average Bonchev–Trinajstić information content (AvgIpc) is 2.62. The molecule has 2 amide bonds. The van der Waals surface area contributed by atoms with Crippen molar-refractivity contribution in [1.29, 1.82) is 0 Å². The molecule has 0 aliphatic heterocycles. The van der Waals surface area contributed by atoms with Gasteiger partial charge in [0.1, 0.15) is 12.1 Å². The van der Waals surface area contributed by atoms with Crippen LogP contribution < -0.4 is 22.1 Å². The molecule has 10 nitrogen and oxygen atoms in total. The number of aliphatic carboxylic acids is 2. The smallest absolute Gasteiger partial charge is 0.326 e. The van der Waals surface area contributed by atoms with E-state index in [-0.39, 0.29) is 31.1 Å². The van der Waals surface area contributed by atoms with Crippen LogP contribution in [0, 0.1) is 11.8 Å². The van der Waals surface area contributed by atoms with Gasteiger partial charge >= 0.3 is 11.9 Å². The second-order valence-electron chi connectivity index (χ2n) is 8.25. The molecule has 10 heteroatoms. The van der Waals surface area contributed by atoms with Gasteiger partial charge in [-0.3, -0.25) is 9.59 Å². The fraction of sp³-hybridized carbons (Fsp3) is 0.700. The number of hydrogen-bond donors (Lipinski definition) is 6. The van der Waals surface area contributed by atoms with Crippen LogP contribution in [-0.2, 0) is 19.2 Å². The molecule has 30 heavy (non-hydrogen) atoms. The van der Waals surface area contributed by atoms with Crippen molar-refractivity contribution in [2.75, 3.05) is 0 Å². The lowest BCUT2D eigenvalue weighted by Crippen LogP contribution is -2.58. The molecule has 4 atom stereocenters. The number of carbonyl (C=O) groups excluding carboxylic acids is 2. The Kier molecular flexibility index (Phi) is 11.3. The van der Waals surface area contributed by atoms with E-state index >= 15 is 0 Å². The zero-order valence-electron chi connectivity index (χ0n) is 18.2. The minimum Gasteiger partial charge on any atom is -0.480 e. The van der Waals surface area contributed by atoms with E-state index in [1.807, 2.05) is 0 Å². The number of hydrogen-bond acceptors (Lipinski definition) is 6. The number of nitrogens with one attached hydrogen (secondary N) is 2. The highest BCUT2D eigenvalue weighted by atomic mass is 16.4. The molecule has 0 spiro atoms. The summed E-state index contributed by atoms with van der Waals surface area (Å²) in [6, 6.07) is -3.10. The van der Waals surface area contributed by atoms with E-state index in [1.54, 1.807) is 27.7 Å². The SMILES string of the molecule is C=CC[C@](N)(CCC[C@@H](N)C(=O)N[C@H](C(=O)O)C(C)C)C(=O)N[C@H](C(=O)O)C(C)C. The molecule has 0 aromatic carbocycles. The molecule has 0 saturated heterocycles. The van der Waals surface area contributed by atoms with Crippen molar-refractivity contribution in [1.82, 2.24) is 10.6 Å². The first-order valence-electron chi connectivity index (χ1n) is 9.99. The Balaban J connectivity index is 4.98. The molecule has 0 fully saturated rings. The van der Waals surface area contributed by atoms with Gasteiger partial charge in [0.25, 0.3) is 0 Å². The Morgan fingerprint density at radius 2 is 1.47 bits per heavy atom. The Morgan fingerprint density at radius 1 is 1.00 bits per heavy atom. The zero-order chi connectivity index (χ0) is 23.6. The van der Waals surface area contributed by atoms with Crippen molar-refractivity contribution in [3.05, 3.63) is 12.7 Å². The lowest BCUT2D eigenvalue weighted by atomic mass is 9.87. The summed E-state index contributed by atoms with van der Waals surface area (Å²) in [4.78, 5) is 47.4. The summed E-state index contributed by atoms with van der Waals surface area (Å²) in [5, 5.41) is 23.3. The third kappa shape index (κ3) is 8.50. The van der Waals surface area contributed by atoms with Gasteiger partial charge in [0.15, 0.2) is 0 Å². The normalized spacial score (nSPS) is 16.3. The maximum Gasteiger partial charge on any atom is 0.326 e. The third-order valence-electron chi connectivity index (χ3n) is 4.89. The molecular formula is C20H36N4O6. The summed E-state index contributed by atoms with van der Waals surface area (Å²) in [5.41, 5.74) is 10.7. The molecule has 172 valence electrons. The van der Waals surface area contributed by atoms with Crippen molar-refractivity contribution in [3.8, 4) is 0 Å². The van der Waals surface area contributed by atoms with Gasteiger partial charge in [-0.25, -0.2) is 9.59 Å². The molecule has 0 aliphatic rings. The van der Waals surface area contributed by atoms with Gasteiger partial charge in [-0.15, -0.1) is 6.58 Å². The number of amides is 2. The van der Waals surface area contributed by atoms with Gasteiger partial charge in [-0.05, 0) is 37.5 Å². The highest BCUT2D eigenvalue weighted by Crippen LogP contribution is 2.19. The second-order valence-corrected chi connectivity index (χ2v) is 8.25. The number of carboxylic acid groups (broad SMARTS) is 2. The standard InChI is InChI=1S/C20H36N4O6/c1-6-9-20(22,19(30)24-15(12(4)5)18(28)29)10-7-8-13(21)16(25)23-14(11(2)3)17(26)27/h6,11-15H,1,7-10,21-22H2,2-5H3,(H,23,25)(H,24,30)(H,26,27)(H,28,29)/t13-,14+,15+,20+/m1/s1. The molecule has 0 heterocycles. The van der Waals surface area contributed by atoms with Crippen LogP contribution in [0.4, 0.5) is 0 Å². The van der Waals surface area contributed by atoms with Crippen LogP contribution in [0.5, 0.6) is 0 Å². The highest BCUT2D eigenvalue weighted by Gasteiger charge is 2.36. The first-order valence-corrected chi connectivity index (χ1v) is 9.99. The molecule has 0 radical (unpaired) electrons. The fourth-order valence-electron chi connectivity index (χ4n) is 2.91. The van der Waals surface area contributed by atoms with Crippen molar-refractivity contribution in [3.63, 3.8) is 0 Å². The predicted molar refractivity (Wildman–Crippen MR) is 112 cm³/mol. The van der Waals surface area contributed by atoms with Crippen molar-refractivity contribution >= 4 is 23.8 Å². The van der Waals surface area contributed by atoms with E-state index < -0.39 is 47.4 Å². The molecule has 0 saturated carbocycles. The van der Waals surface area contributed by atoms with Gasteiger partial charge in [0.2, 0.25) is 11.8 Å². The molecule has 8 N–H and O–H groups in total. The van der Waals surface area contributed by atoms with Crippen LogP contribution in [-0.4, -0.2) is 57.6 Å². The van der Waals surface area contributed by atoms with E-state index in [9.17, 15) is 24.3 Å². The van der Waals surface area contributed by atoms with Gasteiger partial charge < -0.3 is 32.3 Å². The van der Waals surface area contributed by atoms with E-state index in [4.69, 9.17) is 16.6 Å². The van der Waals surface area contributed by atoms with Crippen LogP contribution in [0.15, 0.2) is 12.7 Å². The second kappa shape index (κ2) is 12.3. The largest absolute Gasteiger partial charge is 0.480 e. The number of carbonyl (C=O) groups is 4. The zero-order valence-corrected chi connectivity index (χ0v) is 18.2. The van der Waals surface area contributed by atoms with Crippen molar-refractivity contribution < 1.29 is 29.4 Å². The summed E-state index contributed by atoms with van der Waals surface area (Å²) < 4.78 is 0. The number of nitrogens with two attached hydrogens (primary N) is 2. The first-order chi connectivity index (χ1) is 13.8. The van der Waals surface area contributed by atoms with E-state index in [1.165, 1.54) is 6.08 Å². The van der Waals surface area contributed by atoms with Crippen LogP contribution >= 0.6 is 0 Å². The topological polar surface area (TPSA) is 185 Å². The predicted octanol–water partition coefficient (Wildman–Crippen LogP) is 0.208. The Bertz CT molecular complexity index is 637. The maximum absolute atomic E-state index is 12.7. The lowest BCUT2D eigenvalue weighted by molar-refractivity contribution is -0.144. The van der Waals surface area contributed by atoms with Crippen molar-refractivity contribution in [2.45, 2.75) is 77.0 Å². The van der Waals surface area contributed by atoms with Gasteiger partial charge in [0.05, 0.1) is 11.6 Å². The van der Waals surface area contributed by atoms with Crippen LogP contribution in [0.25, 0.3) is 0 Å². The minimum atomic E-state index is -1.40. The summed E-state index contributed by atoms with van der Waals surface area (Å²) in [5.74, 6) is -4.16. The molecule has 0 aromatic heterocycles. The first kappa shape index (κ1) is 27.5. The average molecular weight is 429 g/mol. The van der Waals surface area contributed by atoms with E-state index in [0.717, 1.165) is 0 Å². The Morgan fingerprint density at radius 3 is 1.87 bits per heavy atom. The highest BCUT2D eigenvalue weighted by molar-refractivity contribution is 5.90. The summed E-state index contributed by atoms with van der Waals surface area (Å²) in [6.07, 6.45) is 2.19. The number of carboxylic acids is 2. The molecule has 0 unspecified atom stereocenters. The monoisotopic (exact) mass is 428 g/mol. The quantitative estimate of drug-likeness (QED) is 0.212. The fourth-order valence-corrected chi connectivity index (χ4v) is 2.91. The minimum absolute atomic E-state index is 0.110. The summed E-state index contributed by atoms with van der Waals surface area (Å²) in [7, 11) is 0. The maximum atomic E-state index is 12.7. The Labute approximate surface area is 177 Å². The molecular weight excluding hydrogens is 392 g/mol. The van der Waals surface area contributed by atoms with Gasteiger partial charge in [-0.2, -0.15) is 0 Å². The van der Waals surface area contributed by atoms with Crippen LogP contribution in [0.1, 0.15) is 53.4 Å². The van der Waals surface area contributed by atoms with Gasteiger partial charge in [0, 0.05) is 0 Å². The van der Waals surface area contributed by atoms with Gasteiger partial charge in [-0.1, -0.05) is 33.8 Å². The molecule has 0 aromatic rings. The lowest BCUT2D eigenvalue weighted by Gasteiger charge is -2.30. The van der Waals surface area contributed by atoms with Crippen LogP contribution in [0.3, 0.4) is 0 Å². The van der Waals surface area contributed by atoms with Crippen molar-refractivity contribution in [2.24, 2.45) is 23.3 Å². The van der Waals surface area contributed by atoms with E-state index in [2.05, 4.69) is 17.2 Å². The van der Waals surface area contributed by atoms with Crippen LogP contribution in [0.2, 0.25) is 0 Å². The number of rotatable bonds is 14. The van der Waals surface area contributed by atoms with E-state index in [0.29, 0.717) is 6.42 Å².